The number of thiazole rings is 1. The smallest absolute Gasteiger partial charge is 0.180 e. The van der Waals surface area contributed by atoms with Crippen molar-refractivity contribution >= 4 is 39.6 Å². The number of amidine groups is 1. The SMILES string of the molecule is C=CC1=C(N=C(N)c2cccc(F)c2Cl)c2sc(N)nc2CC1. The Morgan fingerprint density at radius 1 is 1.43 bits per heavy atom. The maximum absolute atomic E-state index is 13.6. The van der Waals surface area contributed by atoms with Crippen LogP contribution in [-0.4, -0.2) is 10.8 Å². The molecule has 1 aliphatic rings. The van der Waals surface area contributed by atoms with Crippen LogP contribution in [0.2, 0.25) is 5.02 Å². The van der Waals surface area contributed by atoms with Crippen LogP contribution in [0.1, 0.15) is 22.6 Å². The maximum atomic E-state index is 13.6. The topological polar surface area (TPSA) is 77.3 Å². The van der Waals surface area contributed by atoms with Crippen molar-refractivity contribution in [2.75, 3.05) is 5.73 Å². The summed E-state index contributed by atoms with van der Waals surface area (Å²) in [5.74, 6) is -0.393. The number of nitrogens with two attached hydrogens (primary N) is 2. The molecule has 1 heterocycles. The van der Waals surface area contributed by atoms with E-state index in [4.69, 9.17) is 23.1 Å². The van der Waals surface area contributed by atoms with Crippen LogP contribution in [0.5, 0.6) is 0 Å². The molecule has 0 fully saturated rings. The second-order valence-electron chi connectivity index (χ2n) is 5.00. The molecule has 0 spiro atoms. The zero-order valence-electron chi connectivity index (χ0n) is 12.1. The highest BCUT2D eigenvalue weighted by molar-refractivity contribution is 7.16. The van der Waals surface area contributed by atoms with Gasteiger partial charge in [0.05, 0.1) is 21.3 Å². The number of benzene rings is 1. The lowest BCUT2D eigenvalue weighted by Gasteiger charge is -2.15. The van der Waals surface area contributed by atoms with Crippen molar-refractivity contribution in [3.05, 3.63) is 63.4 Å². The third-order valence-corrected chi connectivity index (χ3v) is 4.89. The summed E-state index contributed by atoms with van der Waals surface area (Å²) in [4.78, 5) is 9.67. The first-order chi connectivity index (χ1) is 11.0. The molecule has 0 aliphatic heterocycles. The number of nitrogens with zero attached hydrogens (tertiary/aromatic N) is 2. The number of hydrogen-bond donors (Lipinski definition) is 2. The molecule has 4 N–H and O–H groups in total. The Labute approximate surface area is 142 Å². The largest absolute Gasteiger partial charge is 0.383 e. The fraction of sp³-hybridized carbons (Fsp3) is 0.125. The van der Waals surface area contributed by atoms with Gasteiger partial charge in [-0.1, -0.05) is 41.7 Å². The molecule has 0 unspecified atom stereocenters. The monoisotopic (exact) mass is 348 g/mol. The van der Waals surface area contributed by atoms with Gasteiger partial charge >= 0.3 is 0 Å². The zero-order chi connectivity index (χ0) is 16.6. The maximum Gasteiger partial charge on any atom is 0.180 e. The Morgan fingerprint density at radius 2 is 2.22 bits per heavy atom. The highest BCUT2D eigenvalue weighted by Crippen LogP contribution is 2.37. The van der Waals surface area contributed by atoms with Gasteiger partial charge in [-0.15, -0.1) is 0 Å². The van der Waals surface area contributed by atoms with Gasteiger partial charge in [0.25, 0.3) is 0 Å². The summed E-state index contributed by atoms with van der Waals surface area (Å²) in [5.41, 5.74) is 14.7. The van der Waals surface area contributed by atoms with Crippen LogP contribution in [0, 0.1) is 5.82 Å². The molecule has 3 rings (SSSR count). The number of fused-ring (bicyclic) bond motifs is 1. The molecule has 118 valence electrons. The van der Waals surface area contributed by atoms with Gasteiger partial charge in [0, 0.05) is 5.56 Å². The van der Waals surface area contributed by atoms with Crippen molar-refractivity contribution in [3.8, 4) is 0 Å². The van der Waals surface area contributed by atoms with Crippen LogP contribution >= 0.6 is 22.9 Å². The van der Waals surface area contributed by atoms with Crippen LogP contribution in [0.25, 0.3) is 5.70 Å². The highest BCUT2D eigenvalue weighted by atomic mass is 35.5. The van der Waals surface area contributed by atoms with Crippen LogP contribution in [0.3, 0.4) is 0 Å². The number of nitrogen functional groups attached to an aromatic ring is 1. The van der Waals surface area contributed by atoms with E-state index in [1.54, 1.807) is 18.2 Å². The summed E-state index contributed by atoms with van der Waals surface area (Å²) in [6, 6.07) is 4.44. The average Bonchev–Trinajstić information content (AvgIpc) is 2.91. The molecule has 1 aromatic carbocycles. The van der Waals surface area contributed by atoms with E-state index in [0.717, 1.165) is 29.0 Å². The second-order valence-corrected chi connectivity index (χ2v) is 6.41. The lowest BCUT2D eigenvalue weighted by molar-refractivity contribution is 0.628. The van der Waals surface area contributed by atoms with Crippen molar-refractivity contribution in [3.63, 3.8) is 0 Å². The summed E-state index contributed by atoms with van der Waals surface area (Å²) in [6.45, 7) is 3.82. The van der Waals surface area contributed by atoms with Crippen molar-refractivity contribution in [1.82, 2.24) is 4.98 Å². The fourth-order valence-electron chi connectivity index (χ4n) is 2.45. The first-order valence-corrected chi connectivity index (χ1v) is 8.10. The predicted molar refractivity (Wildman–Crippen MR) is 94.1 cm³/mol. The quantitative estimate of drug-likeness (QED) is 0.654. The van der Waals surface area contributed by atoms with Crippen LogP contribution in [0.4, 0.5) is 9.52 Å². The number of aromatic nitrogens is 1. The Balaban J connectivity index is 2.13. The third kappa shape index (κ3) is 2.87. The van der Waals surface area contributed by atoms with Gasteiger partial charge in [0.1, 0.15) is 11.7 Å². The van der Waals surface area contributed by atoms with Gasteiger partial charge in [-0.05, 0) is 30.5 Å². The lowest BCUT2D eigenvalue weighted by atomic mass is 9.98. The molecule has 2 aromatic rings. The Morgan fingerprint density at radius 3 is 2.96 bits per heavy atom. The standard InChI is InChI=1S/C16H14ClFN4S/c1-2-8-6-7-11-14(23-16(20)21-11)13(8)22-15(19)9-4-3-5-10(18)12(9)17/h2-5H,1,6-7H2,(H2,19,22)(H2,20,21). The molecule has 4 nitrogen and oxygen atoms in total. The molecular formula is C16H14ClFN4S. The van der Waals surface area contributed by atoms with E-state index in [1.807, 2.05) is 0 Å². The van der Waals surface area contributed by atoms with Crippen molar-refractivity contribution in [2.45, 2.75) is 12.8 Å². The third-order valence-electron chi connectivity index (χ3n) is 3.57. The Kier molecular flexibility index (Phi) is 4.19. The number of aryl methyl sites for hydroxylation is 1. The van der Waals surface area contributed by atoms with E-state index < -0.39 is 5.82 Å². The predicted octanol–water partition coefficient (Wildman–Crippen LogP) is 3.77. The number of allylic oxidation sites excluding steroid dienone is 2. The van der Waals surface area contributed by atoms with Crippen LogP contribution < -0.4 is 11.5 Å². The van der Waals surface area contributed by atoms with Gasteiger partial charge in [0.2, 0.25) is 0 Å². The minimum atomic E-state index is -0.536. The Hall–Kier alpha value is -2.18. The molecule has 7 heteroatoms. The number of anilines is 1. The molecule has 1 aliphatic carbocycles. The first kappa shape index (κ1) is 15.7. The van der Waals surface area contributed by atoms with Crippen LogP contribution in [-0.2, 0) is 6.42 Å². The average molecular weight is 349 g/mol. The van der Waals surface area contributed by atoms with Crippen molar-refractivity contribution in [2.24, 2.45) is 10.7 Å². The van der Waals surface area contributed by atoms with E-state index in [0.29, 0.717) is 16.4 Å². The van der Waals surface area contributed by atoms with Crippen molar-refractivity contribution in [1.29, 1.82) is 0 Å². The molecule has 0 amide bonds. The molecule has 0 bridgehead atoms. The molecule has 0 saturated heterocycles. The molecule has 23 heavy (non-hydrogen) atoms. The summed E-state index contributed by atoms with van der Waals surface area (Å²) in [7, 11) is 0. The lowest BCUT2D eigenvalue weighted by Crippen LogP contribution is -2.15. The molecule has 1 aromatic heterocycles. The molecule has 0 radical (unpaired) electrons. The molecule has 0 saturated carbocycles. The zero-order valence-corrected chi connectivity index (χ0v) is 13.7. The first-order valence-electron chi connectivity index (χ1n) is 6.91. The van der Waals surface area contributed by atoms with Gasteiger partial charge < -0.3 is 11.5 Å². The number of hydrogen-bond acceptors (Lipinski definition) is 4. The fourth-order valence-corrected chi connectivity index (χ4v) is 3.57. The minimum absolute atomic E-state index is 0.0469. The summed E-state index contributed by atoms with van der Waals surface area (Å²) in [6.07, 6.45) is 3.28. The minimum Gasteiger partial charge on any atom is -0.383 e. The van der Waals surface area contributed by atoms with Crippen LogP contribution in [0.15, 0.2) is 41.4 Å². The van der Waals surface area contributed by atoms with E-state index in [1.165, 1.54) is 17.4 Å². The second kappa shape index (κ2) is 6.14. The summed E-state index contributed by atoms with van der Waals surface area (Å²) in [5, 5.41) is 0.435. The van der Waals surface area contributed by atoms with Crippen molar-refractivity contribution < 1.29 is 4.39 Å². The van der Waals surface area contributed by atoms with E-state index in [-0.39, 0.29) is 10.9 Å². The number of aliphatic imine (C=N–C) groups is 1. The Bertz CT molecular complexity index is 854. The van der Waals surface area contributed by atoms with Gasteiger partial charge in [0.15, 0.2) is 5.13 Å². The highest BCUT2D eigenvalue weighted by Gasteiger charge is 2.22. The normalized spacial score (nSPS) is 14.8. The summed E-state index contributed by atoms with van der Waals surface area (Å²) < 4.78 is 13.6. The van der Waals surface area contributed by atoms with E-state index in [9.17, 15) is 4.39 Å². The van der Waals surface area contributed by atoms with Gasteiger partial charge in [-0.2, -0.15) is 0 Å². The number of rotatable bonds is 3. The van der Waals surface area contributed by atoms with E-state index in [2.05, 4.69) is 16.6 Å². The molecule has 0 atom stereocenters. The van der Waals surface area contributed by atoms with E-state index >= 15 is 0 Å². The number of halogens is 2. The van der Waals surface area contributed by atoms with Gasteiger partial charge in [-0.3, -0.25) is 0 Å². The summed E-state index contributed by atoms with van der Waals surface area (Å²) >= 11 is 7.33. The van der Waals surface area contributed by atoms with Gasteiger partial charge in [-0.25, -0.2) is 14.4 Å². The molecular weight excluding hydrogens is 335 g/mol.